The number of nitrogens with one attached hydrogen (secondary N) is 1. The zero-order chi connectivity index (χ0) is 19.4. The molecule has 0 bridgehead atoms. The van der Waals surface area contributed by atoms with Crippen molar-refractivity contribution in [1.29, 1.82) is 5.26 Å². The summed E-state index contributed by atoms with van der Waals surface area (Å²) in [4.78, 5) is 24.7. The fourth-order valence-electron chi connectivity index (χ4n) is 2.73. The molecule has 10 heteroatoms. The van der Waals surface area contributed by atoms with E-state index in [1.807, 2.05) is 22.1 Å². The Morgan fingerprint density at radius 3 is 2.85 bits per heavy atom. The summed E-state index contributed by atoms with van der Waals surface area (Å²) in [5.74, 6) is 0.0285. The molecule has 0 aliphatic heterocycles. The normalized spacial score (nSPS) is 16.1. The van der Waals surface area contributed by atoms with E-state index in [9.17, 15) is 14.9 Å². The molecule has 1 fully saturated rings. The quantitative estimate of drug-likeness (QED) is 0.647. The van der Waals surface area contributed by atoms with E-state index in [0.29, 0.717) is 30.4 Å². The van der Waals surface area contributed by atoms with Crippen molar-refractivity contribution >= 4 is 34.9 Å². The first-order valence-electron chi connectivity index (χ1n) is 8.59. The maximum absolute atomic E-state index is 12.5. The summed E-state index contributed by atoms with van der Waals surface area (Å²) in [7, 11) is 0. The molecule has 8 nitrogen and oxygen atoms in total. The van der Waals surface area contributed by atoms with Gasteiger partial charge in [-0.3, -0.25) is 9.59 Å². The minimum atomic E-state index is -0.728. The molecule has 27 heavy (non-hydrogen) atoms. The van der Waals surface area contributed by atoms with Gasteiger partial charge in [0.05, 0.1) is 16.2 Å². The van der Waals surface area contributed by atoms with Crippen LogP contribution < -0.4 is 11.1 Å². The molecule has 0 spiro atoms. The molecule has 1 atom stereocenters. The third-order valence-corrected chi connectivity index (χ3v) is 6.42. The van der Waals surface area contributed by atoms with E-state index in [1.165, 1.54) is 23.1 Å². The number of rotatable bonds is 8. The first kappa shape index (κ1) is 19.4. The van der Waals surface area contributed by atoms with Gasteiger partial charge in [0, 0.05) is 13.0 Å². The standard InChI is InChI=1S/C17H20N6O2S2/c1-11(15(25)20-17(10-18)6-3-7-17)27-16-22-21-14(12-4-2-9-26-12)23(16)8-5-13(19)24/h2,4,9,11H,3,5-8H2,1H3,(H2,19,24)(H,20,25). The highest BCUT2D eigenvalue weighted by atomic mass is 32.2. The molecule has 1 aliphatic carbocycles. The second-order valence-corrected chi connectivity index (χ2v) is 8.70. The maximum Gasteiger partial charge on any atom is 0.234 e. The lowest BCUT2D eigenvalue weighted by atomic mass is 9.78. The number of carbonyl (C=O) groups excluding carboxylic acids is 2. The summed E-state index contributed by atoms with van der Waals surface area (Å²) in [6, 6.07) is 6.04. The SMILES string of the molecule is CC(Sc1nnc(-c2cccs2)n1CCC(N)=O)C(=O)NC1(C#N)CCC1. The number of primary amides is 1. The van der Waals surface area contributed by atoms with E-state index in [4.69, 9.17) is 5.73 Å². The highest BCUT2D eigenvalue weighted by Crippen LogP contribution is 2.33. The number of nitriles is 1. The molecule has 142 valence electrons. The van der Waals surface area contributed by atoms with Gasteiger partial charge < -0.3 is 15.6 Å². The number of nitrogens with two attached hydrogens (primary N) is 1. The summed E-state index contributed by atoms with van der Waals surface area (Å²) in [5, 5.41) is 22.6. The van der Waals surface area contributed by atoms with Gasteiger partial charge in [-0.15, -0.1) is 21.5 Å². The number of carbonyl (C=O) groups is 2. The maximum atomic E-state index is 12.5. The lowest BCUT2D eigenvalue weighted by Gasteiger charge is -2.36. The molecule has 1 saturated carbocycles. The van der Waals surface area contributed by atoms with Crippen molar-refractivity contribution in [3.8, 4) is 16.8 Å². The lowest BCUT2D eigenvalue weighted by molar-refractivity contribution is -0.122. The topological polar surface area (TPSA) is 127 Å². The van der Waals surface area contributed by atoms with Crippen LogP contribution in [-0.2, 0) is 16.1 Å². The number of aromatic nitrogens is 3. The zero-order valence-corrected chi connectivity index (χ0v) is 16.5. The van der Waals surface area contributed by atoms with Crippen LogP contribution in [0.2, 0.25) is 0 Å². The minimum absolute atomic E-state index is 0.155. The first-order chi connectivity index (χ1) is 12.9. The van der Waals surface area contributed by atoms with Crippen LogP contribution in [0.15, 0.2) is 22.7 Å². The smallest absolute Gasteiger partial charge is 0.234 e. The molecule has 0 saturated heterocycles. The summed E-state index contributed by atoms with van der Waals surface area (Å²) in [5.41, 5.74) is 4.56. The van der Waals surface area contributed by atoms with Gasteiger partial charge in [0.15, 0.2) is 11.0 Å². The predicted molar refractivity (Wildman–Crippen MR) is 103 cm³/mol. The van der Waals surface area contributed by atoms with E-state index in [0.717, 1.165) is 11.3 Å². The Morgan fingerprint density at radius 1 is 1.52 bits per heavy atom. The lowest BCUT2D eigenvalue weighted by Crippen LogP contribution is -2.54. The summed E-state index contributed by atoms with van der Waals surface area (Å²) in [6.07, 6.45) is 2.47. The Balaban J connectivity index is 1.76. The van der Waals surface area contributed by atoms with Gasteiger partial charge in [0.1, 0.15) is 5.54 Å². The Morgan fingerprint density at radius 2 is 2.30 bits per heavy atom. The molecule has 2 aromatic rings. The van der Waals surface area contributed by atoms with Crippen LogP contribution in [0.25, 0.3) is 10.7 Å². The third kappa shape index (κ3) is 4.31. The van der Waals surface area contributed by atoms with Gasteiger partial charge in [0.2, 0.25) is 11.8 Å². The average molecular weight is 405 g/mol. The van der Waals surface area contributed by atoms with Crippen LogP contribution in [0.3, 0.4) is 0 Å². The molecule has 0 radical (unpaired) electrons. The van der Waals surface area contributed by atoms with Gasteiger partial charge in [-0.1, -0.05) is 17.8 Å². The zero-order valence-electron chi connectivity index (χ0n) is 14.8. The second-order valence-electron chi connectivity index (χ2n) is 6.45. The van der Waals surface area contributed by atoms with Crippen molar-refractivity contribution in [2.75, 3.05) is 0 Å². The van der Waals surface area contributed by atoms with Gasteiger partial charge >= 0.3 is 0 Å². The number of hydrogen-bond acceptors (Lipinski definition) is 7. The van der Waals surface area contributed by atoms with Gasteiger partial charge in [-0.05, 0) is 37.6 Å². The molecular formula is C17H20N6O2S2. The largest absolute Gasteiger partial charge is 0.370 e. The number of thiophene rings is 1. The fourth-order valence-corrected chi connectivity index (χ4v) is 4.32. The molecule has 3 rings (SSSR count). The van der Waals surface area contributed by atoms with Crippen LogP contribution >= 0.6 is 23.1 Å². The third-order valence-electron chi connectivity index (χ3n) is 4.48. The van der Waals surface area contributed by atoms with E-state index in [1.54, 1.807) is 6.92 Å². The van der Waals surface area contributed by atoms with Gasteiger partial charge in [0.25, 0.3) is 0 Å². The highest BCUT2D eigenvalue weighted by Gasteiger charge is 2.39. The predicted octanol–water partition coefficient (Wildman–Crippen LogP) is 1.93. The first-order valence-corrected chi connectivity index (χ1v) is 10.4. The van der Waals surface area contributed by atoms with Crippen LogP contribution in [0, 0.1) is 11.3 Å². The molecule has 2 heterocycles. The van der Waals surface area contributed by atoms with Crippen LogP contribution in [-0.4, -0.2) is 37.4 Å². The van der Waals surface area contributed by atoms with Crippen LogP contribution in [0.5, 0.6) is 0 Å². The van der Waals surface area contributed by atoms with Crippen LogP contribution in [0.1, 0.15) is 32.6 Å². The number of amides is 2. The van der Waals surface area contributed by atoms with Crippen molar-refractivity contribution < 1.29 is 9.59 Å². The molecule has 3 N–H and O–H groups in total. The van der Waals surface area contributed by atoms with Crippen molar-refractivity contribution in [2.24, 2.45) is 5.73 Å². The Hall–Kier alpha value is -2.38. The van der Waals surface area contributed by atoms with Crippen molar-refractivity contribution in [1.82, 2.24) is 20.1 Å². The van der Waals surface area contributed by atoms with Crippen molar-refractivity contribution in [2.45, 2.75) is 55.1 Å². The molecule has 2 amide bonds. The van der Waals surface area contributed by atoms with Gasteiger partial charge in [-0.25, -0.2) is 0 Å². The van der Waals surface area contributed by atoms with E-state index >= 15 is 0 Å². The number of thioether (sulfide) groups is 1. The highest BCUT2D eigenvalue weighted by molar-refractivity contribution is 8.00. The minimum Gasteiger partial charge on any atom is -0.370 e. The van der Waals surface area contributed by atoms with E-state index in [2.05, 4.69) is 21.6 Å². The molecule has 1 unspecified atom stereocenters. The average Bonchev–Trinajstić information content (AvgIpc) is 3.25. The van der Waals surface area contributed by atoms with Crippen molar-refractivity contribution in [3.63, 3.8) is 0 Å². The second kappa shape index (κ2) is 8.10. The molecule has 1 aliphatic rings. The molecular weight excluding hydrogens is 384 g/mol. The van der Waals surface area contributed by atoms with E-state index < -0.39 is 16.7 Å². The van der Waals surface area contributed by atoms with E-state index in [-0.39, 0.29) is 12.3 Å². The molecule has 2 aromatic heterocycles. The Bertz CT molecular complexity index is 867. The van der Waals surface area contributed by atoms with Crippen LogP contribution in [0.4, 0.5) is 0 Å². The van der Waals surface area contributed by atoms with Crippen molar-refractivity contribution in [3.05, 3.63) is 17.5 Å². The Kier molecular flexibility index (Phi) is 5.82. The summed E-state index contributed by atoms with van der Waals surface area (Å²) >= 11 is 2.77. The fraction of sp³-hybridized carbons (Fsp3) is 0.471. The summed E-state index contributed by atoms with van der Waals surface area (Å²) in [6.45, 7) is 2.11. The monoisotopic (exact) mass is 404 g/mol. The molecule has 0 aromatic carbocycles. The number of nitrogens with zero attached hydrogens (tertiary/aromatic N) is 4. The number of hydrogen-bond donors (Lipinski definition) is 2. The summed E-state index contributed by atoms with van der Waals surface area (Å²) < 4.78 is 1.81. The Labute approximate surface area is 165 Å². The van der Waals surface area contributed by atoms with Gasteiger partial charge in [-0.2, -0.15) is 5.26 Å².